The molecule has 0 saturated carbocycles. The van der Waals surface area contributed by atoms with Gasteiger partial charge in [0.25, 0.3) is 0 Å². The SMILES string of the molecule is CN[C@H](C(=O)N[C@H](C(=O)N(C)[C@H](C=C(C)C(=O)O)C(C)C)C(C)(C)C)C(C)(C)c1ccccc1OC. The maximum atomic E-state index is 13.7. The molecule has 36 heavy (non-hydrogen) atoms. The molecule has 0 aromatic heterocycles. The molecule has 0 bridgehead atoms. The number of carboxylic acid groups (broad SMARTS) is 1. The molecule has 1 rings (SSSR count). The van der Waals surface area contributed by atoms with Gasteiger partial charge in [-0.3, -0.25) is 9.59 Å². The number of hydrogen-bond acceptors (Lipinski definition) is 5. The molecule has 0 saturated heterocycles. The lowest BCUT2D eigenvalue weighted by Gasteiger charge is -2.40. The van der Waals surface area contributed by atoms with Crippen LogP contribution in [0.3, 0.4) is 0 Å². The third kappa shape index (κ3) is 7.32. The molecule has 1 aromatic carbocycles. The Bertz CT molecular complexity index is 962. The van der Waals surface area contributed by atoms with Crippen molar-refractivity contribution >= 4 is 17.8 Å². The van der Waals surface area contributed by atoms with Gasteiger partial charge in [0, 0.05) is 23.6 Å². The van der Waals surface area contributed by atoms with Crippen molar-refractivity contribution in [1.82, 2.24) is 15.5 Å². The number of nitrogens with one attached hydrogen (secondary N) is 2. The summed E-state index contributed by atoms with van der Waals surface area (Å²) < 4.78 is 5.54. The van der Waals surface area contributed by atoms with Crippen LogP contribution in [0.25, 0.3) is 0 Å². The van der Waals surface area contributed by atoms with Gasteiger partial charge in [-0.2, -0.15) is 0 Å². The molecule has 0 aliphatic heterocycles. The summed E-state index contributed by atoms with van der Waals surface area (Å²) in [5, 5.41) is 15.5. The summed E-state index contributed by atoms with van der Waals surface area (Å²) in [7, 11) is 4.97. The minimum Gasteiger partial charge on any atom is -0.496 e. The van der Waals surface area contributed by atoms with Gasteiger partial charge in [-0.15, -0.1) is 0 Å². The largest absolute Gasteiger partial charge is 0.496 e. The molecular formula is C28H45N3O5. The number of likely N-dealkylation sites (N-methyl/N-ethyl adjacent to an activating group) is 2. The summed E-state index contributed by atoms with van der Waals surface area (Å²) in [6, 6.07) is 5.63. The first kappa shape index (κ1) is 31.2. The standard InChI is InChI=1S/C28H45N3O5/c1-17(2)20(16-18(3)26(34)35)31(10)25(33)23(27(4,5)6)30-24(32)22(29-9)28(7,8)19-14-12-13-15-21(19)36-11/h12-17,20,22-23,29H,1-11H3,(H,30,32)(H,34,35)/t20-,22-,23-/m1/s1. The van der Waals surface area contributed by atoms with E-state index in [0.29, 0.717) is 5.75 Å². The van der Waals surface area contributed by atoms with E-state index in [0.717, 1.165) is 5.56 Å². The van der Waals surface area contributed by atoms with Crippen molar-refractivity contribution in [3.8, 4) is 5.75 Å². The van der Waals surface area contributed by atoms with Gasteiger partial charge in [0.05, 0.1) is 19.2 Å². The Kier molecular flexibility index (Phi) is 10.7. The number of ether oxygens (including phenoxy) is 1. The molecule has 1 aromatic rings. The second-order valence-corrected chi connectivity index (χ2v) is 11.3. The third-order valence-electron chi connectivity index (χ3n) is 6.71. The average Bonchev–Trinajstić information content (AvgIpc) is 2.79. The predicted octanol–water partition coefficient (Wildman–Crippen LogP) is 3.61. The van der Waals surface area contributed by atoms with Crippen molar-refractivity contribution in [3.05, 3.63) is 41.5 Å². The van der Waals surface area contributed by atoms with Crippen molar-refractivity contribution < 1.29 is 24.2 Å². The van der Waals surface area contributed by atoms with Crippen molar-refractivity contribution in [1.29, 1.82) is 0 Å². The van der Waals surface area contributed by atoms with Crippen LogP contribution in [0.2, 0.25) is 0 Å². The predicted molar refractivity (Wildman–Crippen MR) is 143 cm³/mol. The summed E-state index contributed by atoms with van der Waals surface area (Å²) >= 11 is 0. The monoisotopic (exact) mass is 503 g/mol. The van der Waals surface area contributed by atoms with E-state index in [1.807, 2.05) is 72.7 Å². The van der Waals surface area contributed by atoms with Gasteiger partial charge >= 0.3 is 5.97 Å². The molecule has 0 radical (unpaired) electrons. The van der Waals surface area contributed by atoms with E-state index in [-0.39, 0.29) is 23.3 Å². The molecule has 3 N–H and O–H groups in total. The number of rotatable bonds is 11. The van der Waals surface area contributed by atoms with Crippen LogP contribution >= 0.6 is 0 Å². The van der Waals surface area contributed by atoms with Crippen molar-refractivity contribution in [2.24, 2.45) is 11.3 Å². The fourth-order valence-electron chi connectivity index (χ4n) is 4.46. The molecule has 202 valence electrons. The van der Waals surface area contributed by atoms with Gasteiger partial charge in [-0.25, -0.2) is 4.79 Å². The summed E-state index contributed by atoms with van der Waals surface area (Å²) in [4.78, 5) is 40.4. The van der Waals surface area contributed by atoms with E-state index in [1.165, 1.54) is 11.8 Å². The maximum Gasteiger partial charge on any atom is 0.331 e. The van der Waals surface area contributed by atoms with Crippen LogP contribution in [0, 0.1) is 11.3 Å². The van der Waals surface area contributed by atoms with E-state index in [9.17, 15) is 19.5 Å². The number of benzene rings is 1. The van der Waals surface area contributed by atoms with E-state index in [4.69, 9.17) is 4.74 Å². The fraction of sp³-hybridized carbons (Fsp3) is 0.607. The van der Waals surface area contributed by atoms with Gasteiger partial charge < -0.3 is 25.4 Å². The molecule has 0 aliphatic rings. The Hall–Kier alpha value is -2.87. The second-order valence-electron chi connectivity index (χ2n) is 11.3. The minimum atomic E-state index is -1.03. The number of methoxy groups -OCH3 is 1. The number of aliphatic carboxylic acids is 1. The van der Waals surface area contributed by atoms with Gasteiger partial charge in [0.2, 0.25) is 11.8 Å². The zero-order valence-electron chi connectivity index (χ0n) is 23.7. The zero-order valence-corrected chi connectivity index (χ0v) is 23.7. The quantitative estimate of drug-likeness (QED) is 0.398. The summed E-state index contributed by atoms with van der Waals surface area (Å²) in [5.74, 6) is -0.974. The summed E-state index contributed by atoms with van der Waals surface area (Å²) in [6.45, 7) is 15.0. The molecule has 0 unspecified atom stereocenters. The molecular weight excluding hydrogens is 458 g/mol. The third-order valence-corrected chi connectivity index (χ3v) is 6.71. The molecule has 2 amide bonds. The molecule has 0 fully saturated rings. The minimum absolute atomic E-state index is 0.0286. The van der Waals surface area contributed by atoms with Gasteiger partial charge in [0.15, 0.2) is 0 Å². The zero-order chi connectivity index (χ0) is 28.0. The number of para-hydroxylation sites is 1. The van der Waals surface area contributed by atoms with Gasteiger partial charge in [0.1, 0.15) is 11.8 Å². The Morgan fingerprint density at radius 1 is 1.06 bits per heavy atom. The Balaban J connectivity index is 3.36. The Morgan fingerprint density at radius 2 is 1.61 bits per heavy atom. The van der Waals surface area contributed by atoms with Crippen LogP contribution in [0.5, 0.6) is 5.75 Å². The summed E-state index contributed by atoms with van der Waals surface area (Å²) in [5.41, 5.74) is -0.226. The van der Waals surface area contributed by atoms with Gasteiger partial charge in [-0.05, 0) is 31.4 Å². The van der Waals surface area contributed by atoms with Crippen molar-refractivity contribution in [2.45, 2.75) is 78.9 Å². The van der Waals surface area contributed by atoms with Crippen LogP contribution in [-0.2, 0) is 19.8 Å². The number of carbonyl (C=O) groups is 3. The van der Waals surface area contributed by atoms with E-state index < -0.39 is 34.9 Å². The van der Waals surface area contributed by atoms with Crippen molar-refractivity contribution in [3.63, 3.8) is 0 Å². The smallest absolute Gasteiger partial charge is 0.331 e. The molecule has 0 aliphatic carbocycles. The van der Waals surface area contributed by atoms with Crippen LogP contribution < -0.4 is 15.4 Å². The van der Waals surface area contributed by atoms with E-state index in [1.54, 1.807) is 27.3 Å². The first-order valence-corrected chi connectivity index (χ1v) is 12.3. The average molecular weight is 504 g/mol. The molecule has 8 heteroatoms. The highest BCUT2D eigenvalue weighted by Gasteiger charge is 2.42. The molecule has 3 atom stereocenters. The van der Waals surface area contributed by atoms with Gasteiger partial charge in [-0.1, -0.05) is 72.7 Å². The topological polar surface area (TPSA) is 108 Å². The lowest BCUT2D eigenvalue weighted by atomic mass is 9.76. The highest BCUT2D eigenvalue weighted by molar-refractivity contribution is 5.91. The van der Waals surface area contributed by atoms with E-state index >= 15 is 0 Å². The van der Waals surface area contributed by atoms with Crippen LogP contribution in [-0.4, -0.2) is 67.1 Å². The number of carbonyl (C=O) groups excluding carboxylic acids is 2. The van der Waals surface area contributed by atoms with Crippen molar-refractivity contribution in [2.75, 3.05) is 21.2 Å². The molecule has 8 nitrogen and oxygen atoms in total. The number of carboxylic acids is 1. The number of nitrogens with zero attached hydrogens (tertiary/aromatic N) is 1. The fourth-order valence-corrected chi connectivity index (χ4v) is 4.46. The number of amides is 2. The van der Waals surface area contributed by atoms with Crippen LogP contribution in [0.1, 0.15) is 61.0 Å². The van der Waals surface area contributed by atoms with Crippen LogP contribution in [0.15, 0.2) is 35.9 Å². The van der Waals surface area contributed by atoms with Crippen LogP contribution in [0.4, 0.5) is 0 Å². The Labute approximate surface area is 216 Å². The number of hydrogen-bond donors (Lipinski definition) is 3. The maximum absolute atomic E-state index is 13.7. The second kappa shape index (κ2) is 12.4. The Morgan fingerprint density at radius 3 is 2.06 bits per heavy atom. The lowest BCUT2D eigenvalue weighted by Crippen LogP contribution is -2.61. The first-order chi connectivity index (χ1) is 16.5. The molecule has 0 spiro atoms. The highest BCUT2D eigenvalue weighted by atomic mass is 16.5. The highest BCUT2D eigenvalue weighted by Crippen LogP contribution is 2.34. The lowest BCUT2D eigenvalue weighted by molar-refractivity contribution is -0.141. The molecule has 0 heterocycles. The normalized spacial score (nSPS) is 15.2. The van der Waals surface area contributed by atoms with E-state index in [2.05, 4.69) is 10.6 Å². The summed E-state index contributed by atoms with van der Waals surface area (Å²) in [6.07, 6.45) is 1.59. The first-order valence-electron chi connectivity index (χ1n) is 12.3.